The summed E-state index contributed by atoms with van der Waals surface area (Å²) >= 11 is 0. The molecule has 0 aromatic carbocycles. The minimum atomic E-state index is -0.942. The first kappa shape index (κ1) is 14.5. The van der Waals surface area contributed by atoms with Crippen LogP contribution in [0.3, 0.4) is 0 Å². The van der Waals surface area contributed by atoms with E-state index in [1.807, 2.05) is 19.1 Å². The number of rotatable bonds is 4. The van der Waals surface area contributed by atoms with E-state index in [0.717, 1.165) is 31.7 Å². The Kier molecular flexibility index (Phi) is 3.95. The predicted molar refractivity (Wildman–Crippen MR) is 80.0 cm³/mol. The van der Waals surface area contributed by atoms with Gasteiger partial charge in [-0.2, -0.15) is 0 Å². The molecule has 0 amide bonds. The zero-order valence-electron chi connectivity index (χ0n) is 12.5. The fourth-order valence-electron chi connectivity index (χ4n) is 3.97. The summed E-state index contributed by atoms with van der Waals surface area (Å²) in [6.07, 6.45) is 6.38. The van der Waals surface area contributed by atoms with Crippen LogP contribution in [-0.4, -0.2) is 58.1 Å². The van der Waals surface area contributed by atoms with Crippen LogP contribution in [-0.2, 0) is 10.3 Å². The minimum Gasteiger partial charge on any atom is -0.480 e. The van der Waals surface area contributed by atoms with Crippen LogP contribution in [0.5, 0.6) is 0 Å². The van der Waals surface area contributed by atoms with Crippen LogP contribution in [0.25, 0.3) is 0 Å². The van der Waals surface area contributed by atoms with E-state index in [1.54, 1.807) is 12.4 Å². The number of aliphatic carboxylic acids is 1. The number of piperazine rings is 1. The minimum absolute atomic E-state index is 0.515. The lowest BCUT2D eigenvalue weighted by atomic mass is 9.85. The Morgan fingerprint density at radius 3 is 3.00 bits per heavy atom. The van der Waals surface area contributed by atoms with Crippen molar-refractivity contribution < 1.29 is 9.90 Å². The van der Waals surface area contributed by atoms with Gasteiger partial charge in [0.25, 0.3) is 0 Å². The van der Waals surface area contributed by atoms with Crippen LogP contribution in [0.4, 0.5) is 0 Å². The maximum atomic E-state index is 12.2. The molecule has 1 aromatic heterocycles. The molecule has 0 radical (unpaired) electrons. The fourth-order valence-corrected chi connectivity index (χ4v) is 3.97. The molecule has 2 fully saturated rings. The quantitative estimate of drug-likeness (QED) is 0.911. The van der Waals surface area contributed by atoms with E-state index in [2.05, 4.69) is 14.8 Å². The van der Waals surface area contributed by atoms with Gasteiger partial charge < -0.3 is 5.11 Å². The molecule has 5 nitrogen and oxygen atoms in total. The Hall–Kier alpha value is -1.46. The number of nitrogens with zero attached hydrogens (tertiary/aromatic N) is 3. The molecule has 1 unspecified atom stereocenters. The number of pyridine rings is 1. The zero-order valence-corrected chi connectivity index (χ0v) is 12.5. The van der Waals surface area contributed by atoms with Gasteiger partial charge in [0.15, 0.2) is 0 Å². The largest absolute Gasteiger partial charge is 0.480 e. The number of hydrogen-bond acceptors (Lipinski definition) is 4. The predicted octanol–water partition coefficient (Wildman–Crippen LogP) is 1.55. The van der Waals surface area contributed by atoms with Crippen LogP contribution in [0.15, 0.2) is 24.5 Å². The second-order valence-electron chi connectivity index (χ2n) is 6.04. The Labute approximate surface area is 125 Å². The maximum absolute atomic E-state index is 12.2. The van der Waals surface area contributed by atoms with Gasteiger partial charge in [-0.15, -0.1) is 0 Å². The average Bonchev–Trinajstić information content (AvgIpc) is 2.97. The summed E-state index contributed by atoms with van der Waals surface area (Å²) in [6.45, 7) is 5.75. The normalized spacial score (nSPS) is 26.2. The van der Waals surface area contributed by atoms with E-state index >= 15 is 0 Å². The first-order chi connectivity index (χ1) is 10.2. The van der Waals surface area contributed by atoms with Crippen LogP contribution >= 0.6 is 0 Å². The highest BCUT2D eigenvalue weighted by molar-refractivity contribution is 5.80. The number of aromatic nitrogens is 1. The second kappa shape index (κ2) is 5.73. The van der Waals surface area contributed by atoms with E-state index in [4.69, 9.17) is 0 Å². The molecule has 2 aliphatic rings. The number of carboxylic acids is 1. The summed E-state index contributed by atoms with van der Waals surface area (Å²) in [5.41, 5.74) is -0.144. The lowest BCUT2D eigenvalue weighted by molar-refractivity contribution is -0.155. The molecule has 2 atom stereocenters. The Morgan fingerprint density at radius 1 is 1.48 bits per heavy atom. The van der Waals surface area contributed by atoms with Crippen LogP contribution < -0.4 is 0 Å². The molecule has 0 bridgehead atoms. The lowest BCUT2D eigenvalue weighted by Gasteiger charge is -2.46. The van der Waals surface area contributed by atoms with Gasteiger partial charge in [0.2, 0.25) is 0 Å². The highest BCUT2D eigenvalue weighted by Gasteiger charge is 2.47. The van der Waals surface area contributed by atoms with Crippen molar-refractivity contribution in [1.29, 1.82) is 0 Å². The summed E-state index contributed by atoms with van der Waals surface area (Å²) in [7, 11) is 0. The van der Waals surface area contributed by atoms with Gasteiger partial charge in [-0.1, -0.05) is 13.0 Å². The molecule has 5 heteroatoms. The van der Waals surface area contributed by atoms with E-state index in [-0.39, 0.29) is 0 Å². The molecule has 2 aliphatic heterocycles. The van der Waals surface area contributed by atoms with Crippen molar-refractivity contribution in [3.05, 3.63) is 30.1 Å². The highest BCUT2D eigenvalue weighted by atomic mass is 16.4. The fraction of sp³-hybridized carbons (Fsp3) is 0.625. The monoisotopic (exact) mass is 289 g/mol. The molecule has 3 rings (SSSR count). The first-order valence-corrected chi connectivity index (χ1v) is 7.81. The number of carboxylic acid groups (broad SMARTS) is 1. The topological polar surface area (TPSA) is 56.7 Å². The Balaban J connectivity index is 1.94. The van der Waals surface area contributed by atoms with Crippen molar-refractivity contribution in [2.24, 2.45) is 0 Å². The molecule has 0 aliphatic carbocycles. The molecule has 114 valence electrons. The zero-order chi connectivity index (χ0) is 14.9. The van der Waals surface area contributed by atoms with Crippen molar-refractivity contribution in [2.45, 2.75) is 37.8 Å². The van der Waals surface area contributed by atoms with Crippen molar-refractivity contribution in [2.75, 3.05) is 26.2 Å². The van der Waals surface area contributed by atoms with Crippen LogP contribution in [0.2, 0.25) is 0 Å². The third-order valence-electron chi connectivity index (χ3n) is 5.13. The van der Waals surface area contributed by atoms with Gasteiger partial charge in [-0.05, 0) is 31.9 Å². The van der Waals surface area contributed by atoms with Crippen molar-refractivity contribution in [3.63, 3.8) is 0 Å². The van der Waals surface area contributed by atoms with Crippen molar-refractivity contribution in [1.82, 2.24) is 14.8 Å². The third kappa shape index (κ3) is 2.34. The molecule has 1 aromatic rings. The smallest absolute Gasteiger partial charge is 0.328 e. The van der Waals surface area contributed by atoms with Gasteiger partial charge in [0.1, 0.15) is 5.54 Å². The number of carbonyl (C=O) groups is 1. The molecule has 0 spiro atoms. The summed E-state index contributed by atoms with van der Waals surface area (Å²) in [6, 6.07) is 4.24. The third-order valence-corrected chi connectivity index (χ3v) is 5.13. The molecule has 21 heavy (non-hydrogen) atoms. The van der Waals surface area contributed by atoms with Crippen molar-refractivity contribution >= 4 is 5.97 Å². The SMILES string of the molecule is CCC(C(=O)O)(c1cccnc1)N1CCN2CCC[C@@H]2C1. The second-order valence-corrected chi connectivity index (χ2v) is 6.04. The maximum Gasteiger partial charge on any atom is 0.328 e. The van der Waals surface area contributed by atoms with Crippen molar-refractivity contribution in [3.8, 4) is 0 Å². The van der Waals surface area contributed by atoms with Gasteiger partial charge in [0.05, 0.1) is 0 Å². The number of hydrogen-bond donors (Lipinski definition) is 1. The van der Waals surface area contributed by atoms with Gasteiger partial charge in [-0.25, -0.2) is 4.79 Å². The molecule has 1 N–H and O–H groups in total. The Bertz CT molecular complexity index is 508. The summed E-state index contributed by atoms with van der Waals surface area (Å²) < 4.78 is 0. The van der Waals surface area contributed by atoms with Gasteiger partial charge in [0, 0.05) is 43.6 Å². The van der Waals surface area contributed by atoms with Gasteiger partial charge in [-0.3, -0.25) is 14.8 Å². The molecular weight excluding hydrogens is 266 g/mol. The highest BCUT2D eigenvalue weighted by Crippen LogP contribution is 2.35. The molecular formula is C16H23N3O2. The van der Waals surface area contributed by atoms with Gasteiger partial charge >= 0.3 is 5.97 Å². The average molecular weight is 289 g/mol. The summed E-state index contributed by atoms with van der Waals surface area (Å²) in [5.74, 6) is -0.760. The van der Waals surface area contributed by atoms with E-state index in [9.17, 15) is 9.90 Å². The standard InChI is InChI=1S/C16H23N3O2/c1-2-16(15(20)21,13-5-3-7-17-11-13)19-10-9-18-8-4-6-14(18)12-19/h3,5,7,11,14H,2,4,6,8-10,12H2,1H3,(H,20,21)/t14-,16?/m1/s1. The van der Waals surface area contributed by atoms with Crippen LogP contribution in [0, 0.1) is 0 Å². The summed E-state index contributed by atoms with van der Waals surface area (Å²) in [4.78, 5) is 21.0. The molecule has 2 saturated heterocycles. The van der Waals surface area contributed by atoms with E-state index in [0.29, 0.717) is 12.5 Å². The number of fused-ring (bicyclic) bond motifs is 1. The summed E-state index contributed by atoms with van der Waals surface area (Å²) in [5, 5.41) is 9.99. The Morgan fingerprint density at radius 2 is 2.33 bits per heavy atom. The van der Waals surface area contributed by atoms with Crippen LogP contribution in [0.1, 0.15) is 31.7 Å². The molecule has 0 saturated carbocycles. The van der Waals surface area contributed by atoms with E-state index in [1.165, 1.54) is 12.8 Å². The lowest BCUT2D eigenvalue weighted by Crippen LogP contribution is -2.60. The van der Waals surface area contributed by atoms with E-state index < -0.39 is 11.5 Å². The first-order valence-electron chi connectivity index (χ1n) is 7.81. The molecule has 3 heterocycles.